The summed E-state index contributed by atoms with van der Waals surface area (Å²) in [6, 6.07) is 1.44. The van der Waals surface area contributed by atoms with Crippen LogP contribution in [0.1, 0.15) is 46.0 Å². The fraction of sp³-hybridized carbons (Fsp3) is 1.00. The molecule has 2 heteroatoms. The Morgan fingerprint density at radius 2 is 2.14 bits per heavy atom. The van der Waals surface area contributed by atoms with Gasteiger partial charge in [0.2, 0.25) is 0 Å². The van der Waals surface area contributed by atoms with Crippen molar-refractivity contribution in [1.29, 1.82) is 0 Å². The molecule has 14 heavy (non-hydrogen) atoms. The Balaban J connectivity index is 2.12. The first kappa shape index (κ1) is 12.4. The highest BCUT2D eigenvalue weighted by Gasteiger charge is 2.20. The lowest BCUT2D eigenvalue weighted by Gasteiger charge is -2.30. The summed E-state index contributed by atoms with van der Waals surface area (Å²) in [7, 11) is 0. The Bertz CT molecular complexity index is 145. The molecule has 0 saturated heterocycles. The van der Waals surface area contributed by atoms with Crippen molar-refractivity contribution >= 4 is 11.8 Å². The van der Waals surface area contributed by atoms with Crippen LogP contribution < -0.4 is 5.32 Å². The smallest absolute Gasteiger partial charge is 0.0157 e. The van der Waals surface area contributed by atoms with Crippen molar-refractivity contribution in [1.82, 2.24) is 5.32 Å². The van der Waals surface area contributed by atoms with Crippen molar-refractivity contribution in [3.63, 3.8) is 0 Å². The predicted molar refractivity (Wildman–Crippen MR) is 67.0 cm³/mol. The van der Waals surface area contributed by atoms with Gasteiger partial charge in [0, 0.05) is 17.8 Å². The van der Waals surface area contributed by atoms with Crippen LogP contribution in [0.5, 0.6) is 0 Å². The molecular formula is C12H25NS. The minimum absolute atomic E-state index is 0.720. The Morgan fingerprint density at radius 1 is 1.43 bits per heavy atom. The zero-order valence-electron chi connectivity index (χ0n) is 9.88. The van der Waals surface area contributed by atoms with E-state index >= 15 is 0 Å². The second kappa shape index (κ2) is 6.73. The van der Waals surface area contributed by atoms with Crippen molar-refractivity contribution in [2.75, 3.05) is 12.0 Å². The van der Waals surface area contributed by atoms with Crippen molar-refractivity contribution in [2.24, 2.45) is 5.92 Å². The maximum absolute atomic E-state index is 3.75. The summed E-state index contributed by atoms with van der Waals surface area (Å²) in [6.45, 7) is 4.63. The molecule has 0 aromatic rings. The summed E-state index contributed by atoms with van der Waals surface area (Å²) < 4.78 is 0. The van der Waals surface area contributed by atoms with E-state index < -0.39 is 0 Å². The standard InChI is InChI=1S/C12H25NS/c1-4-12(9-14-3)13-10(2)8-11-6-5-7-11/h10-13H,4-9H2,1-3H3. The summed E-state index contributed by atoms with van der Waals surface area (Å²) in [5, 5.41) is 3.75. The van der Waals surface area contributed by atoms with Crippen molar-refractivity contribution in [2.45, 2.75) is 58.0 Å². The van der Waals surface area contributed by atoms with E-state index in [4.69, 9.17) is 0 Å². The van der Waals surface area contributed by atoms with E-state index in [1.165, 1.54) is 37.9 Å². The van der Waals surface area contributed by atoms with Crippen LogP contribution in [0.4, 0.5) is 0 Å². The van der Waals surface area contributed by atoms with Gasteiger partial charge in [-0.15, -0.1) is 0 Å². The first-order valence-electron chi connectivity index (χ1n) is 6.01. The number of thioether (sulfide) groups is 1. The molecule has 2 atom stereocenters. The third-order valence-corrected chi connectivity index (χ3v) is 4.03. The topological polar surface area (TPSA) is 12.0 Å². The van der Waals surface area contributed by atoms with Crippen molar-refractivity contribution < 1.29 is 0 Å². The predicted octanol–water partition coefficient (Wildman–Crippen LogP) is 3.30. The van der Waals surface area contributed by atoms with E-state index in [0.717, 1.165) is 18.0 Å². The van der Waals surface area contributed by atoms with Gasteiger partial charge in [-0.05, 0) is 31.9 Å². The third-order valence-electron chi connectivity index (χ3n) is 3.29. The highest BCUT2D eigenvalue weighted by Crippen LogP contribution is 2.30. The molecule has 0 bridgehead atoms. The van der Waals surface area contributed by atoms with Gasteiger partial charge in [-0.2, -0.15) is 11.8 Å². The summed E-state index contributed by atoms with van der Waals surface area (Å²) in [4.78, 5) is 0. The summed E-state index contributed by atoms with van der Waals surface area (Å²) >= 11 is 1.95. The lowest BCUT2D eigenvalue weighted by atomic mass is 9.81. The van der Waals surface area contributed by atoms with E-state index in [1.54, 1.807) is 0 Å². The molecule has 1 fully saturated rings. The molecule has 1 N–H and O–H groups in total. The van der Waals surface area contributed by atoms with Crippen molar-refractivity contribution in [3.05, 3.63) is 0 Å². The Kier molecular flexibility index (Phi) is 5.95. The van der Waals surface area contributed by atoms with Crippen LogP contribution in [-0.4, -0.2) is 24.1 Å². The minimum atomic E-state index is 0.720. The zero-order valence-corrected chi connectivity index (χ0v) is 10.7. The van der Waals surface area contributed by atoms with E-state index in [2.05, 4.69) is 25.4 Å². The van der Waals surface area contributed by atoms with Crippen LogP contribution in [0.2, 0.25) is 0 Å². The number of nitrogens with one attached hydrogen (secondary N) is 1. The van der Waals surface area contributed by atoms with Gasteiger partial charge in [-0.1, -0.05) is 26.2 Å². The molecule has 0 spiro atoms. The number of hydrogen-bond donors (Lipinski definition) is 1. The average Bonchev–Trinajstić information content (AvgIpc) is 2.11. The summed E-state index contributed by atoms with van der Waals surface area (Å²) in [6.07, 6.45) is 9.28. The Hall–Kier alpha value is 0.310. The highest BCUT2D eigenvalue weighted by molar-refractivity contribution is 7.98. The molecule has 0 radical (unpaired) electrons. The zero-order chi connectivity index (χ0) is 10.4. The molecule has 1 nitrogen and oxygen atoms in total. The SMILES string of the molecule is CCC(CSC)NC(C)CC1CCC1. The molecular weight excluding hydrogens is 190 g/mol. The fourth-order valence-corrected chi connectivity index (χ4v) is 2.92. The maximum Gasteiger partial charge on any atom is 0.0157 e. The lowest BCUT2D eigenvalue weighted by molar-refractivity contribution is 0.259. The Labute approximate surface area is 93.4 Å². The van der Waals surface area contributed by atoms with Crippen molar-refractivity contribution in [3.8, 4) is 0 Å². The molecule has 84 valence electrons. The first-order valence-corrected chi connectivity index (χ1v) is 7.40. The van der Waals surface area contributed by atoms with Gasteiger partial charge >= 0.3 is 0 Å². The van der Waals surface area contributed by atoms with Crippen LogP contribution in [0, 0.1) is 5.92 Å². The molecule has 1 rings (SSSR count). The van der Waals surface area contributed by atoms with Gasteiger partial charge in [0.05, 0.1) is 0 Å². The Morgan fingerprint density at radius 3 is 2.57 bits per heavy atom. The minimum Gasteiger partial charge on any atom is -0.311 e. The molecule has 0 aliphatic heterocycles. The quantitative estimate of drug-likeness (QED) is 0.699. The van der Waals surface area contributed by atoms with E-state index in [-0.39, 0.29) is 0 Å². The van der Waals surface area contributed by atoms with Gasteiger partial charge in [-0.25, -0.2) is 0 Å². The van der Waals surface area contributed by atoms with E-state index in [1.807, 2.05) is 11.8 Å². The van der Waals surface area contributed by atoms with E-state index in [9.17, 15) is 0 Å². The first-order chi connectivity index (χ1) is 6.76. The molecule has 1 aliphatic carbocycles. The highest BCUT2D eigenvalue weighted by atomic mass is 32.2. The van der Waals surface area contributed by atoms with Crippen LogP contribution in [-0.2, 0) is 0 Å². The van der Waals surface area contributed by atoms with Gasteiger partial charge in [0.25, 0.3) is 0 Å². The molecule has 1 aliphatic rings. The molecule has 0 heterocycles. The molecule has 0 amide bonds. The van der Waals surface area contributed by atoms with Gasteiger partial charge in [0.15, 0.2) is 0 Å². The van der Waals surface area contributed by atoms with Gasteiger partial charge < -0.3 is 5.32 Å². The molecule has 1 saturated carbocycles. The van der Waals surface area contributed by atoms with Crippen LogP contribution in [0.3, 0.4) is 0 Å². The second-order valence-corrected chi connectivity index (χ2v) is 5.57. The fourth-order valence-electron chi connectivity index (χ4n) is 2.18. The largest absolute Gasteiger partial charge is 0.311 e. The second-order valence-electron chi connectivity index (χ2n) is 4.66. The molecule has 2 unspecified atom stereocenters. The van der Waals surface area contributed by atoms with E-state index in [0.29, 0.717) is 0 Å². The van der Waals surface area contributed by atoms with Crippen LogP contribution in [0.15, 0.2) is 0 Å². The maximum atomic E-state index is 3.75. The lowest BCUT2D eigenvalue weighted by Crippen LogP contribution is -2.39. The molecule has 0 aromatic carbocycles. The third kappa shape index (κ3) is 4.22. The summed E-state index contributed by atoms with van der Waals surface area (Å²) in [5.74, 6) is 2.29. The average molecular weight is 215 g/mol. The normalized spacial score (nSPS) is 21.6. The number of rotatable bonds is 7. The van der Waals surface area contributed by atoms with Crippen LogP contribution >= 0.6 is 11.8 Å². The number of hydrogen-bond acceptors (Lipinski definition) is 2. The summed E-state index contributed by atoms with van der Waals surface area (Å²) in [5.41, 5.74) is 0. The van der Waals surface area contributed by atoms with Gasteiger partial charge in [-0.3, -0.25) is 0 Å². The molecule has 0 aromatic heterocycles. The van der Waals surface area contributed by atoms with Crippen LogP contribution in [0.25, 0.3) is 0 Å². The van der Waals surface area contributed by atoms with Gasteiger partial charge in [0.1, 0.15) is 0 Å². The monoisotopic (exact) mass is 215 g/mol.